The Labute approximate surface area is 381 Å². The Bertz CT molecular complexity index is 3540. The summed E-state index contributed by atoms with van der Waals surface area (Å²) in [6.45, 7) is 4.71. The van der Waals surface area contributed by atoms with Crippen LogP contribution in [0, 0.1) is 0 Å². The average molecular weight is 831 g/mol. The number of hydrogen-bond donors (Lipinski definition) is 0. The number of rotatable bonds is 8. The molecule has 0 amide bonds. The summed E-state index contributed by atoms with van der Waals surface area (Å²) in [6, 6.07) is 88.8. The van der Waals surface area contributed by atoms with Gasteiger partial charge in [0.15, 0.2) is 0 Å². The second-order valence-electron chi connectivity index (χ2n) is 17.8. The summed E-state index contributed by atoms with van der Waals surface area (Å²) in [5.74, 6) is 0. The lowest BCUT2D eigenvalue weighted by molar-refractivity contribution is 0.660. The van der Waals surface area contributed by atoms with Gasteiger partial charge >= 0.3 is 0 Å². The van der Waals surface area contributed by atoms with Crippen molar-refractivity contribution in [3.8, 4) is 61.3 Å². The Morgan fingerprint density at radius 3 is 1.51 bits per heavy atom. The van der Waals surface area contributed by atoms with Crippen LogP contribution in [0.1, 0.15) is 25.0 Å². The molecule has 2 heteroatoms. The van der Waals surface area contributed by atoms with Gasteiger partial charge in [0.2, 0.25) is 0 Å². The molecule has 1 heterocycles. The predicted molar refractivity (Wildman–Crippen MR) is 275 cm³/mol. The average Bonchev–Trinajstić information content (AvgIpc) is 3.82. The zero-order valence-electron chi connectivity index (χ0n) is 36.5. The molecule has 0 saturated carbocycles. The van der Waals surface area contributed by atoms with Gasteiger partial charge in [-0.15, -0.1) is 0 Å². The number of benzene rings is 10. The lowest BCUT2D eigenvalue weighted by Crippen LogP contribution is -2.16. The SMILES string of the molecule is CC1(C)c2ccccc2-c2ccc(N(c3ccc(-c4ccccc4)cc3)c3ccc(-c4cccc(-c5cccc(-n6c7ccccc7c7cc(-c8ccccc8)ccc76)c5)c4)cc3)cc21. The van der Waals surface area contributed by atoms with Crippen LogP contribution in [-0.2, 0) is 5.41 Å². The van der Waals surface area contributed by atoms with Gasteiger partial charge in [0.05, 0.1) is 11.0 Å². The Morgan fingerprint density at radius 1 is 0.308 bits per heavy atom. The smallest absolute Gasteiger partial charge is 0.0541 e. The van der Waals surface area contributed by atoms with Crippen molar-refractivity contribution in [2.24, 2.45) is 0 Å². The van der Waals surface area contributed by atoms with Crippen LogP contribution in [0.2, 0.25) is 0 Å². The molecule has 0 radical (unpaired) electrons. The second kappa shape index (κ2) is 15.6. The fourth-order valence-electron chi connectivity index (χ4n) is 10.3. The zero-order chi connectivity index (χ0) is 43.5. The van der Waals surface area contributed by atoms with Crippen LogP contribution in [0.5, 0.6) is 0 Å². The highest BCUT2D eigenvalue weighted by Gasteiger charge is 2.35. The third-order valence-corrected chi connectivity index (χ3v) is 13.6. The van der Waals surface area contributed by atoms with Crippen molar-refractivity contribution in [2.75, 3.05) is 4.90 Å². The molecule has 12 rings (SSSR count). The van der Waals surface area contributed by atoms with Crippen LogP contribution in [-0.4, -0.2) is 4.57 Å². The molecule has 0 bridgehead atoms. The maximum atomic E-state index is 2.41. The molecule has 308 valence electrons. The topological polar surface area (TPSA) is 8.17 Å². The molecule has 0 N–H and O–H groups in total. The van der Waals surface area contributed by atoms with Crippen molar-refractivity contribution in [1.82, 2.24) is 4.57 Å². The molecule has 0 unspecified atom stereocenters. The highest BCUT2D eigenvalue weighted by Crippen LogP contribution is 2.51. The Kier molecular flexibility index (Phi) is 9.21. The van der Waals surface area contributed by atoms with E-state index in [1.165, 1.54) is 88.6 Å². The Balaban J connectivity index is 0.895. The van der Waals surface area contributed by atoms with E-state index >= 15 is 0 Å². The van der Waals surface area contributed by atoms with E-state index in [9.17, 15) is 0 Å². The van der Waals surface area contributed by atoms with Crippen molar-refractivity contribution in [3.05, 3.63) is 254 Å². The quantitative estimate of drug-likeness (QED) is 0.148. The molecule has 1 aliphatic rings. The summed E-state index contributed by atoms with van der Waals surface area (Å²) in [6.07, 6.45) is 0. The number of hydrogen-bond acceptors (Lipinski definition) is 1. The number of para-hydroxylation sites is 1. The van der Waals surface area contributed by atoms with E-state index in [1.54, 1.807) is 0 Å². The van der Waals surface area contributed by atoms with Crippen molar-refractivity contribution in [2.45, 2.75) is 19.3 Å². The van der Waals surface area contributed by atoms with E-state index < -0.39 is 0 Å². The van der Waals surface area contributed by atoms with Crippen molar-refractivity contribution in [3.63, 3.8) is 0 Å². The van der Waals surface area contributed by atoms with Crippen molar-refractivity contribution in [1.29, 1.82) is 0 Å². The monoisotopic (exact) mass is 830 g/mol. The van der Waals surface area contributed by atoms with Gasteiger partial charge in [0.25, 0.3) is 0 Å². The first-order chi connectivity index (χ1) is 32.0. The third-order valence-electron chi connectivity index (χ3n) is 13.6. The predicted octanol–water partition coefficient (Wildman–Crippen LogP) is 17.2. The Hall–Kier alpha value is -8.20. The summed E-state index contributed by atoms with van der Waals surface area (Å²) in [5, 5.41) is 2.51. The molecule has 1 aromatic heterocycles. The van der Waals surface area contributed by atoms with E-state index in [0.717, 1.165) is 22.7 Å². The number of anilines is 3. The minimum absolute atomic E-state index is 0.102. The molecule has 0 atom stereocenters. The molecule has 0 fully saturated rings. The largest absolute Gasteiger partial charge is 0.310 e. The highest BCUT2D eigenvalue weighted by molar-refractivity contribution is 6.10. The first-order valence-electron chi connectivity index (χ1n) is 22.6. The van der Waals surface area contributed by atoms with Crippen LogP contribution in [0.15, 0.2) is 243 Å². The first-order valence-corrected chi connectivity index (χ1v) is 22.6. The van der Waals surface area contributed by atoms with Gasteiger partial charge in [-0.05, 0) is 140 Å². The molecular formula is C63H46N2. The fraction of sp³-hybridized carbons (Fsp3) is 0.0476. The molecule has 0 aliphatic heterocycles. The molecular weight excluding hydrogens is 785 g/mol. The lowest BCUT2D eigenvalue weighted by Gasteiger charge is -2.28. The van der Waals surface area contributed by atoms with E-state index in [0.29, 0.717) is 0 Å². The standard InChI is InChI=1S/C63H46N2/c1-63(2)59-25-11-9-23-55(59)56-37-36-54(42-60(56)63)64(51-32-27-45(28-33-51)43-15-5-3-6-16-43)52-34-29-46(30-35-52)47-19-13-20-48(39-47)49-21-14-22-53(40-49)65-61-26-12-10-24-57(61)58-41-50(31-38-62(58)65)44-17-7-4-8-18-44/h3-42H,1-2H3. The second-order valence-corrected chi connectivity index (χ2v) is 17.8. The van der Waals surface area contributed by atoms with Gasteiger partial charge in [0.1, 0.15) is 0 Å². The van der Waals surface area contributed by atoms with Crippen LogP contribution in [0.3, 0.4) is 0 Å². The zero-order valence-corrected chi connectivity index (χ0v) is 36.5. The molecule has 10 aromatic carbocycles. The summed E-state index contributed by atoms with van der Waals surface area (Å²) in [4.78, 5) is 2.40. The van der Waals surface area contributed by atoms with Crippen LogP contribution in [0.4, 0.5) is 17.1 Å². The van der Waals surface area contributed by atoms with E-state index in [2.05, 4.69) is 266 Å². The van der Waals surface area contributed by atoms with Crippen LogP contribution >= 0.6 is 0 Å². The summed E-state index contributed by atoms with van der Waals surface area (Å²) >= 11 is 0. The maximum Gasteiger partial charge on any atom is 0.0541 e. The molecule has 1 aliphatic carbocycles. The summed E-state index contributed by atoms with van der Waals surface area (Å²) in [5.41, 5.74) is 21.8. The highest BCUT2D eigenvalue weighted by atomic mass is 15.1. The van der Waals surface area contributed by atoms with Gasteiger partial charge in [-0.25, -0.2) is 0 Å². The van der Waals surface area contributed by atoms with Gasteiger partial charge in [-0.2, -0.15) is 0 Å². The number of aromatic nitrogens is 1. The summed E-state index contributed by atoms with van der Waals surface area (Å²) < 4.78 is 2.41. The molecule has 0 saturated heterocycles. The minimum atomic E-state index is -0.102. The molecule has 11 aromatic rings. The molecule has 65 heavy (non-hydrogen) atoms. The normalized spacial score (nSPS) is 12.6. The molecule has 2 nitrogen and oxygen atoms in total. The number of nitrogens with zero attached hydrogens (tertiary/aromatic N) is 2. The van der Waals surface area contributed by atoms with Crippen LogP contribution in [0.25, 0.3) is 83.1 Å². The fourth-order valence-corrected chi connectivity index (χ4v) is 10.3. The van der Waals surface area contributed by atoms with Gasteiger partial charge < -0.3 is 9.47 Å². The van der Waals surface area contributed by atoms with E-state index in [1.807, 2.05) is 0 Å². The van der Waals surface area contributed by atoms with Gasteiger partial charge in [-0.3, -0.25) is 0 Å². The Morgan fingerprint density at radius 2 is 0.785 bits per heavy atom. The minimum Gasteiger partial charge on any atom is -0.310 e. The first kappa shape index (κ1) is 38.5. The van der Waals surface area contributed by atoms with Crippen molar-refractivity contribution < 1.29 is 0 Å². The number of fused-ring (bicyclic) bond motifs is 6. The maximum absolute atomic E-state index is 2.41. The van der Waals surface area contributed by atoms with E-state index in [-0.39, 0.29) is 5.41 Å². The lowest BCUT2D eigenvalue weighted by atomic mass is 9.82. The summed E-state index contributed by atoms with van der Waals surface area (Å²) in [7, 11) is 0. The van der Waals surface area contributed by atoms with Crippen LogP contribution < -0.4 is 4.90 Å². The van der Waals surface area contributed by atoms with Gasteiger partial charge in [-0.1, -0.05) is 184 Å². The van der Waals surface area contributed by atoms with Gasteiger partial charge in [0, 0.05) is 38.9 Å². The van der Waals surface area contributed by atoms with E-state index in [4.69, 9.17) is 0 Å². The third kappa shape index (κ3) is 6.65. The molecule has 0 spiro atoms. The van der Waals surface area contributed by atoms with Crippen molar-refractivity contribution >= 4 is 38.9 Å².